The Kier molecular flexibility index (Phi) is 2.23. The topological polar surface area (TPSA) is 30.7 Å². The van der Waals surface area contributed by atoms with Crippen molar-refractivity contribution >= 4 is 11.6 Å². The second-order valence-corrected chi connectivity index (χ2v) is 5.38. The fourth-order valence-electron chi connectivity index (χ4n) is 2.65. The number of aromatic nitrogens is 3. The third kappa shape index (κ3) is 1.67. The van der Waals surface area contributed by atoms with Gasteiger partial charge in [-0.05, 0) is 49.6 Å². The summed E-state index contributed by atoms with van der Waals surface area (Å²) < 4.78 is 2.20. The van der Waals surface area contributed by atoms with E-state index in [1.807, 2.05) is 0 Å². The first-order chi connectivity index (χ1) is 7.25. The highest BCUT2D eigenvalue weighted by atomic mass is 35.5. The number of rotatable bonds is 2. The molecule has 0 amide bonds. The van der Waals surface area contributed by atoms with Crippen LogP contribution in [0.3, 0.4) is 0 Å². The molecule has 1 heterocycles. The zero-order chi connectivity index (χ0) is 10.4. The first kappa shape index (κ1) is 9.64. The smallest absolute Gasteiger partial charge is 0.225 e. The van der Waals surface area contributed by atoms with E-state index < -0.39 is 0 Å². The van der Waals surface area contributed by atoms with E-state index >= 15 is 0 Å². The van der Waals surface area contributed by atoms with E-state index in [9.17, 15) is 0 Å². The highest BCUT2D eigenvalue weighted by Gasteiger charge is 2.34. The number of nitrogens with zero attached hydrogens (tertiary/aromatic N) is 3. The van der Waals surface area contributed by atoms with E-state index in [4.69, 9.17) is 11.6 Å². The molecule has 0 N–H and O–H groups in total. The van der Waals surface area contributed by atoms with Crippen molar-refractivity contribution in [2.24, 2.45) is 5.92 Å². The van der Waals surface area contributed by atoms with Crippen molar-refractivity contribution in [2.45, 2.75) is 51.0 Å². The molecule has 4 heteroatoms. The molecule has 2 aliphatic carbocycles. The van der Waals surface area contributed by atoms with Crippen LogP contribution in [0.2, 0.25) is 5.28 Å². The summed E-state index contributed by atoms with van der Waals surface area (Å²) in [6, 6.07) is 0.554. The van der Waals surface area contributed by atoms with Crippen LogP contribution in [-0.4, -0.2) is 14.8 Å². The van der Waals surface area contributed by atoms with Crippen LogP contribution in [0.4, 0.5) is 0 Å². The van der Waals surface area contributed by atoms with Crippen molar-refractivity contribution in [3.05, 3.63) is 11.1 Å². The Morgan fingerprint density at radius 1 is 1.20 bits per heavy atom. The molecule has 1 aromatic rings. The summed E-state index contributed by atoms with van der Waals surface area (Å²) in [6.45, 7) is 2.31. The Labute approximate surface area is 94.8 Å². The molecule has 0 spiro atoms. The maximum absolute atomic E-state index is 6.13. The van der Waals surface area contributed by atoms with Crippen molar-refractivity contribution in [3.8, 4) is 0 Å². The molecular formula is C11H16ClN3. The molecule has 15 heavy (non-hydrogen) atoms. The van der Waals surface area contributed by atoms with Crippen LogP contribution in [0.15, 0.2) is 0 Å². The third-order valence-electron chi connectivity index (χ3n) is 3.66. The van der Waals surface area contributed by atoms with Gasteiger partial charge in [-0.25, -0.2) is 0 Å². The van der Waals surface area contributed by atoms with Gasteiger partial charge >= 0.3 is 0 Å². The predicted molar refractivity (Wildman–Crippen MR) is 59.1 cm³/mol. The van der Waals surface area contributed by atoms with Crippen molar-refractivity contribution in [3.63, 3.8) is 0 Å². The van der Waals surface area contributed by atoms with Crippen LogP contribution < -0.4 is 0 Å². The monoisotopic (exact) mass is 225 g/mol. The summed E-state index contributed by atoms with van der Waals surface area (Å²) in [5.41, 5.74) is 0. The van der Waals surface area contributed by atoms with E-state index in [1.54, 1.807) is 0 Å². The number of hydrogen-bond acceptors (Lipinski definition) is 2. The van der Waals surface area contributed by atoms with Crippen LogP contribution >= 0.6 is 11.6 Å². The van der Waals surface area contributed by atoms with E-state index in [0.717, 1.165) is 11.7 Å². The highest BCUT2D eigenvalue weighted by Crippen LogP contribution is 2.43. The van der Waals surface area contributed by atoms with Crippen LogP contribution in [0, 0.1) is 5.92 Å². The summed E-state index contributed by atoms with van der Waals surface area (Å²) in [4.78, 5) is 0. The Hall–Kier alpha value is -0.570. The third-order valence-corrected chi connectivity index (χ3v) is 3.91. The van der Waals surface area contributed by atoms with Gasteiger partial charge in [0.05, 0.1) is 0 Å². The van der Waals surface area contributed by atoms with Gasteiger partial charge in [0.15, 0.2) is 0 Å². The Balaban J connectivity index is 1.91. The largest absolute Gasteiger partial charge is 0.298 e. The fraction of sp³-hybridized carbons (Fsp3) is 0.818. The first-order valence-electron chi connectivity index (χ1n) is 5.86. The molecule has 82 valence electrons. The van der Waals surface area contributed by atoms with Gasteiger partial charge in [0, 0.05) is 12.0 Å². The zero-order valence-electron chi connectivity index (χ0n) is 8.99. The lowest BCUT2D eigenvalue weighted by Gasteiger charge is -2.14. The van der Waals surface area contributed by atoms with Crippen molar-refractivity contribution in [1.82, 2.24) is 14.8 Å². The second kappa shape index (κ2) is 3.48. The first-order valence-corrected chi connectivity index (χ1v) is 6.24. The normalized spacial score (nSPS) is 31.1. The van der Waals surface area contributed by atoms with Gasteiger partial charge in [-0.15, -0.1) is 10.2 Å². The van der Waals surface area contributed by atoms with Crippen LogP contribution in [0.1, 0.15) is 56.8 Å². The number of hydrogen-bond donors (Lipinski definition) is 0. The van der Waals surface area contributed by atoms with Crippen LogP contribution in [-0.2, 0) is 0 Å². The molecule has 2 unspecified atom stereocenters. The molecule has 0 aromatic carbocycles. The molecule has 0 radical (unpaired) electrons. The summed E-state index contributed by atoms with van der Waals surface area (Å²) in [5, 5.41) is 8.85. The Morgan fingerprint density at radius 3 is 2.60 bits per heavy atom. The van der Waals surface area contributed by atoms with Crippen molar-refractivity contribution < 1.29 is 0 Å². The molecule has 2 saturated carbocycles. The predicted octanol–water partition coefficient (Wildman–Crippen LogP) is 3.17. The highest BCUT2D eigenvalue weighted by molar-refractivity contribution is 6.28. The van der Waals surface area contributed by atoms with Crippen LogP contribution in [0.25, 0.3) is 0 Å². The van der Waals surface area contributed by atoms with Gasteiger partial charge in [0.2, 0.25) is 5.28 Å². The molecule has 2 aliphatic rings. The van der Waals surface area contributed by atoms with Crippen molar-refractivity contribution in [2.75, 3.05) is 0 Å². The van der Waals surface area contributed by atoms with E-state index in [0.29, 0.717) is 17.2 Å². The maximum Gasteiger partial charge on any atom is 0.225 e. The average Bonchev–Trinajstić information content (AvgIpc) is 2.86. The molecule has 2 fully saturated rings. The molecule has 3 nitrogen and oxygen atoms in total. The molecule has 0 aliphatic heterocycles. The maximum atomic E-state index is 6.13. The summed E-state index contributed by atoms with van der Waals surface area (Å²) in [5.74, 6) is 2.60. The minimum Gasteiger partial charge on any atom is -0.298 e. The van der Waals surface area contributed by atoms with Gasteiger partial charge in [-0.1, -0.05) is 6.92 Å². The van der Waals surface area contributed by atoms with Gasteiger partial charge in [0.1, 0.15) is 5.82 Å². The Bertz CT molecular complexity index is 370. The average molecular weight is 226 g/mol. The quantitative estimate of drug-likeness (QED) is 0.774. The minimum absolute atomic E-state index is 0.554. The molecule has 0 saturated heterocycles. The summed E-state index contributed by atoms with van der Waals surface area (Å²) in [6.07, 6.45) is 6.30. The SMILES string of the molecule is CC1CCC(n2c(Cl)nnc2C2CC2)C1. The van der Waals surface area contributed by atoms with E-state index in [1.165, 1.54) is 32.1 Å². The fourth-order valence-corrected chi connectivity index (χ4v) is 2.91. The summed E-state index contributed by atoms with van der Waals surface area (Å²) in [7, 11) is 0. The van der Waals surface area contributed by atoms with E-state index in [2.05, 4.69) is 21.7 Å². The zero-order valence-corrected chi connectivity index (χ0v) is 9.74. The van der Waals surface area contributed by atoms with Gasteiger partial charge < -0.3 is 0 Å². The number of halogens is 1. The molecule has 3 rings (SSSR count). The van der Waals surface area contributed by atoms with Gasteiger partial charge in [-0.2, -0.15) is 0 Å². The lowest BCUT2D eigenvalue weighted by atomic mass is 10.1. The molecular weight excluding hydrogens is 210 g/mol. The lowest BCUT2D eigenvalue weighted by Crippen LogP contribution is -2.09. The summed E-state index contributed by atoms with van der Waals surface area (Å²) >= 11 is 6.13. The lowest BCUT2D eigenvalue weighted by molar-refractivity contribution is 0.477. The van der Waals surface area contributed by atoms with Gasteiger partial charge in [0.25, 0.3) is 0 Å². The minimum atomic E-state index is 0.554. The van der Waals surface area contributed by atoms with Crippen molar-refractivity contribution in [1.29, 1.82) is 0 Å². The van der Waals surface area contributed by atoms with Crippen LogP contribution in [0.5, 0.6) is 0 Å². The van der Waals surface area contributed by atoms with Gasteiger partial charge in [-0.3, -0.25) is 4.57 Å². The Morgan fingerprint density at radius 2 is 2.00 bits per heavy atom. The standard InChI is InChI=1S/C11H16ClN3/c1-7-2-5-9(6-7)15-10(8-3-4-8)13-14-11(15)12/h7-9H,2-6H2,1H3. The second-order valence-electron chi connectivity index (χ2n) is 5.04. The molecule has 0 bridgehead atoms. The molecule has 2 atom stereocenters. The molecule has 1 aromatic heterocycles. The van der Waals surface area contributed by atoms with E-state index in [-0.39, 0.29) is 0 Å².